The summed E-state index contributed by atoms with van der Waals surface area (Å²) in [6, 6.07) is 0. The third-order valence-corrected chi connectivity index (χ3v) is 1.98. The highest BCUT2D eigenvalue weighted by molar-refractivity contribution is 5.95. The van der Waals surface area contributed by atoms with E-state index in [4.69, 9.17) is 15.2 Å². The van der Waals surface area contributed by atoms with Crippen LogP contribution in [0.2, 0.25) is 0 Å². The van der Waals surface area contributed by atoms with E-state index in [1.54, 1.807) is 0 Å². The van der Waals surface area contributed by atoms with Crippen molar-refractivity contribution in [1.29, 1.82) is 0 Å². The first-order chi connectivity index (χ1) is 8.11. The summed E-state index contributed by atoms with van der Waals surface area (Å²) in [6.45, 7) is 4.63. The van der Waals surface area contributed by atoms with Gasteiger partial charge in [0.2, 0.25) is 0 Å². The number of esters is 2. The maximum Gasteiger partial charge on any atom is 0.354 e. The standard InChI is InChI=1S/C12H21NO4/c1-3-5-7-16-11(14)9-10(13)12(15)17-8-6-4-2/h9H,3-8,13H2,1-2H3. The molecule has 0 amide bonds. The molecule has 0 heterocycles. The third kappa shape index (κ3) is 8.30. The number of carbonyl (C=O) groups excluding carboxylic acids is 2. The molecule has 5 heteroatoms. The van der Waals surface area contributed by atoms with Gasteiger partial charge in [-0.2, -0.15) is 0 Å². The summed E-state index contributed by atoms with van der Waals surface area (Å²) in [6.07, 6.45) is 4.39. The predicted molar refractivity (Wildman–Crippen MR) is 64.0 cm³/mol. The fourth-order valence-electron chi connectivity index (χ4n) is 0.937. The molecule has 0 aliphatic rings. The largest absolute Gasteiger partial charge is 0.462 e. The van der Waals surface area contributed by atoms with Crippen LogP contribution in [0.5, 0.6) is 0 Å². The van der Waals surface area contributed by atoms with E-state index in [1.165, 1.54) is 0 Å². The van der Waals surface area contributed by atoms with Crippen LogP contribution in [0.4, 0.5) is 0 Å². The van der Waals surface area contributed by atoms with Gasteiger partial charge in [-0.05, 0) is 12.8 Å². The normalized spacial score (nSPS) is 11.1. The van der Waals surface area contributed by atoms with Crippen LogP contribution in [0, 0.1) is 0 Å². The van der Waals surface area contributed by atoms with Crippen molar-refractivity contribution in [2.45, 2.75) is 39.5 Å². The van der Waals surface area contributed by atoms with Gasteiger partial charge in [-0.25, -0.2) is 9.59 Å². The minimum Gasteiger partial charge on any atom is -0.462 e. The fraction of sp³-hybridized carbons (Fsp3) is 0.667. The molecule has 0 saturated carbocycles. The summed E-state index contributed by atoms with van der Waals surface area (Å²) in [4.78, 5) is 22.4. The van der Waals surface area contributed by atoms with Crippen molar-refractivity contribution in [2.24, 2.45) is 5.73 Å². The highest BCUT2D eigenvalue weighted by Gasteiger charge is 2.09. The van der Waals surface area contributed by atoms with Gasteiger partial charge in [0.05, 0.1) is 19.3 Å². The first-order valence-electron chi connectivity index (χ1n) is 5.92. The van der Waals surface area contributed by atoms with Gasteiger partial charge < -0.3 is 15.2 Å². The number of rotatable bonds is 8. The first kappa shape index (κ1) is 15.5. The minimum atomic E-state index is -0.675. The number of carbonyl (C=O) groups is 2. The van der Waals surface area contributed by atoms with E-state index in [1.807, 2.05) is 13.8 Å². The molecule has 0 aromatic heterocycles. The number of ether oxygens (including phenoxy) is 2. The Kier molecular flexibility index (Phi) is 8.82. The van der Waals surface area contributed by atoms with Crippen molar-refractivity contribution in [2.75, 3.05) is 13.2 Å². The Balaban J connectivity index is 3.96. The van der Waals surface area contributed by atoms with Gasteiger partial charge in [0.15, 0.2) is 0 Å². The second-order valence-electron chi connectivity index (χ2n) is 3.61. The molecule has 98 valence electrons. The molecule has 0 saturated heterocycles. The fourth-order valence-corrected chi connectivity index (χ4v) is 0.937. The summed E-state index contributed by atoms with van der Waals surface area (Å²) in [7, 11) is 0. The van der Waals surface area contributed by atoms with Crippen LogP contribution in [-0.4, -0.2) is 25.2 Å². The summed E-state index contributed by atoms with van der Waals surface area (Å²) in [5.74, 6) is -1.28. The Bertz CT molecular complexity index is 274. The number of hydrogen-bond acceptors (Lipinski definition) is 5. The number of nitrogens with two attached hydrogens (primary N) is 1. The van der Waals surface area contributed by atoms with E-state index in [2.05, 4.69) is 0 Å². The SMILES string of the molecule is CCCCOC(=O)C=C(N)C(=O)OCCCC. The predicted octanol–water partition coefficient (Wildman–Crippen LogP) is 1.52. The summed E-state index contributed by atoms with van der Waals surface area (Å²) in [5.41, 5.74) is 5.17. The molecule has 0 radical (unpaired) electrons. The molecule has 2 N–H and O–H groups in total. The van der Waals surface area contributed by atoms with Gasteiger partial charge in [-0.15, -0.1) is 0 Å². The van der Waals surface area contributed by atoms with Crippen molar-refractivity contribution < 1.29 is 19.1 Å². The number of hydrogen-bond donors (Lipinski definition) is 1. The van der Waals surface area contributed by atoms with Crippen LogP contribution in [-0.2, 0) is 19.1 Å². The molecule has 0 bridgehead atoms. The van der Waals surface area contributed by atoms with Gasteiger partial charge in [-0.3, -0.25) is 0 Å². The van der Waals surface area contributed by atoms with E-state index in [9.17, 15) is 9.59 Å². The third-order valence-electron chi connectivity index (χ3n) is 1.98. The van der Waals surface area contributed by atoms with E-state index in [0.717, 1.165) is 31.8 Å². The maximum atomic E-state index is 11.3. The monoisotopic (exact) mass is 243 g/mol. The van der Waals surface area contributed by atoms with Crippen molar-refractivity contribution in [3.05, 3.63) is 11.8 Å². The molecule has 17 heavy (non-hydrogen) atoms. The lowest BCUT2D eigenvalue weighted by Gasteiger charge is -2.04. The molecule has 0 fully saturated rings. The van der Waals surface area contributed by atoms with Crippen molar-refractivity contribution >= 4 is 11.9 Å². The first-order valence-corrected chi connectivity index (χ1v) is 5.92. The summed E-state index contributed by atoms with van der Waals surface area (Å²) in [5, 5.41) is 0. The maximum absolute atomic E-state index is 11.3. The second kappa shape index (κ2) is 9.69. The lowest BCUT2D eigenvalue weighted by molar-refractivity contribution is -0.141. The van der Waals surface area contributed by atoms with E-state index in [-0.39, 0.29) is 5.70 Å². The topological polar surface area (TPSA) is 78.6 Å². The molecule has 0 aromatic rings. The van der Waals surface area contributed by atoms with Crippen LogP contribution in [0.1, 0.15) is 39.5 Å². The van der Waals surface area contributed by atoms with E-state index in [0.29, 0.717) is 13.2 Å². The lowest BCUT2D eigenvalue weighted by Crippen LogP contribution is -2.17. The molecule has 0 aliphatic carbocycles. The Hall–Kier alpha value is -1.52. The van der Waals surface area contributed by atoms with Crippen LogP contribution in [0.15, 0.2) is 11.8 Å². The smallest absolute Gasteiger partial charge is 0.354 e. The van der Waals surface area contributed by atoms with Crippen LogP contribution >= 0.6 is 0 Å². The van der Waals surface area contributed by atoms with Crippen LogP contribution in [0.3, 0.4) is 0 Å². The van der Waals surface area contributed by atoms with Gasteiger partial charge in [-0.1, -0.05) is 26.7 Å². The lowest BCUT2D eigenvalue weighted by atomic mass is 10.3. The van der Waals surface area contributed by atoms with Crippen LogP contribution in [0.25, 0.3) is 0 Å². The van der Waals surface area contributed by atoms with Crippen molar-refractivity contribution in [3.63, 3.8) is 0 Å². The zero-order valence-electron chi connectivity index (χ0n) is 10.5. The molecule has 0 rings (SSSR count). The summed E-state index contributed by atoms with van der Waals surface area (Å²) < 4.78 is 9.66. The zero-order chi connectivity index (χ0) is 13.1. The Labute approximate surface area is 102 Å². The molecule has 5 nitrogen and oxygen atoms in total. The molecular formula is C12H21NO4. The van der Waals surface area contributed by atoms with Crippen LogP contribution < -0.4 is 5.73 Å². The Morgan fingerprint density at radius 3 is 2.12 bits per heavy atom. The molecule has 0 spiro atoms. The van der Waals surface area contributed by atoms with Gasteiger partial charge >= 0.3 is 11.9 Å². The minimum absolute atomic E-state index is 0.220. The average molecular weight is 243 g/mol. The second-order valence-corrected chi connectivity index (χ2v) is 3.61. The molecular weight excluding hydrogens is 222 g/mol. The Morgan fingerprint density at radius 2 is 1.59 bits per heavy atom. The summed E-state index contributed by atoms with van der Waals surface area (Å²) >= 11 is 0. The molecule has 0 aliphatic heterocycles. The molecule has 0 aromatic carbocycles. The highest BCUT2D eigenvalue weighted by Crippen LogP contribution is 1.96. The molecule has 0 unspecified atom stereocenters. The van der Waals surface area contributed by atoms with E-state index < -0.39 is 11.9 Å². The average Bonchev–Trinajstić information content (AvgIpc) is 2.29. The van der Waals surface area contributed by atoms with Crippen molar-refractivity contribution in [3.8, 4) is 0 Å². The number of unbranched alkanes of at least 4 members (excludes halogenated alkanes) is 2. The van der Waals surface area contributed by atoms with Gasteiger partial charge in [0, 0.05) is 0 Å². The molecule has 0 atom stereocenters. The highest BCUT2D eigenvalue weighted by atomic mass is 16.5. The van der Waals surface area contributed by atoms with E-state index >= 15 is 0 Å². The quantitative estimate of drug-likeness (QED) is 0.397. The Morgan fingerprint density at radius 1 is 1.06 bits per heavy atom. The van der Waals surface area contributed by atoms with Gasteiger partial charge in [0.1, 0.15) is 5.70 Å². The van der Waals surface area contributed by atoms with Gasteiger partial charge in [0.25, 0.3) is 0 Å². The zero-order valence-corrected chi connectivity index (χ0v) is 10.5. The van der Waals surface area contributed by atoms with Crippen molar-refractivity contribution in [1.82, 2.24) is 0 Å².